The van der Waals surface area contributed by atoms with Gasteiger partial charge in [-0.2, -0.15) is 5.10 Å². The van der Waals surface area contributed by atoms with Gasteiger partial charge in [0.1, 0.15) is 0 Å². The molecule has 1 fully saturated rings. The van der Waals surface area contributed by atoms with Crippen molar-refractivity contribution in [2.45, 2.75) is 31.7 Å². The number of hydrogen-bond acceptors (Lipinski definition) is 3. The lowest BCUT2D eigenvalue weighted by Crippen LogP contribution is -2.42. The van der Waals surface area contributed by atoms with Gasteiger partial charge in [-0.15, -0.1) is 0 Å². The summed E-state index contributed by atoms with van der Waals surface area (Å²) in [5.41, 5.74) is 3.08. The van der Waals surface area contributed by atoms with E-state index in [4.69, 9.17) is 0 Å². The van der Waals surface area contributed by atoms with Crippen molar-refractivity contribution in [2.75, 3.05) is 0 Å². The zero-order valence-electron chi connectivity index (χ0n) is 10.6. The molecular formula is C14H17N3O2. The molecule has 5 heteroatoms. The number of nitrogens with zero attached hydrogens (tertiary/aromatic N) is 1. The molecule has 19 heavy (non-hydrogen) atoms. The third-order valence-electron chi connectivity index (χ3n) is 3.08. The number of nitrogens with one attached hydrogen (secondary N) is 2. The lowest BCUT2D eigenvalue weighted by Gasteiger charge is -2.10. The van der Waals surface area contributed by atoms with Crippen molar-refractivity contribution < 1.29 is 9.59 Å². The minimum absolute atomic E-state index is 0.136. The molecular weight excluding hydrogens is 242 g/mol. The lowest BCUT2D eigenvalue weighted by molar-refractivity contribution is -0.139. The lowest BCUT2D eigenvalue weighted by atomic mass is 10.2. The minimum Gasteiger partial charge on any atom is -0.345 e. The molecule has 0 heterocycles. The molecule has 2 amide bonds. The maximum absolute atomic E-state index is 11.5. The monoisotopic (exact) mass is 259 g/mol. The highest BCUT2D eigenvalue weighted by Gasteiger charge is 2.20. The Labute approximate surface area is 112 Å². The average molecular weight is 259 g/mol. The maximum Gasteiger partial charge on any atom is 0.329 e. The molecule has 2 rings (SSSR count). The Morgan fingerprint density at radius 1 is 1.11 bits per heavy atom. The van der Waals surface area contributed by atoms with Gasteiger partial charge < -0.3 is 5.32 Å². The van der Waals surface area contributed by atoms with Crippen LogP contribution >= 0.6 is 0 Å². The van der Waals surface area contributed by atoms with Crippen LogP contribution < -0.4 is 10.7 Å². The summed E-state index contributed by atoms with van der Waals surface area (Å²) in [7, 11) is 0. The number of carbonyl (C=O) groups excluding carboxylic acids is 2. The number of rotatable bonds is 3. The van der Waals surface area contributed by atoms with E-state index in [0.29, 0.717) is 0 Å². The molecule has 0 unspecified atom stereocenters. The van der Waals surface area contributed by atoms with Crippen molar-refractivity contribution in [1.29, 1.82) is 0 Å². The standard InChI is InChI=1S/C14H17N3O2/c18-13(16-12-8-4-5-9-12)14(19)17-15-10-11-6-2-1-3-7-11/h1-3,6-7,10,12H,4-5,8-9H2,(H,16,18)(H,17,19)/b15-10-. The van der Waals surface area contributed by atoms with E-state index in [1.54, 1.807) is 0 Å². The predicted octanol–water partition coefficient (Wildman–Crippen LogP) is 1.20. The van der Waals surface area contributed by atoms with Crippen molar-refractivity contribution in [1.82, 2.24) is 10.7 Å². The van der Waals surface area contributed by atoms with Crippen molar-refractivity contribution in [3.63, 3.8) is 0 Å². The Kier molecular flexibility index (Phi) is 4.66. The predicted molar refractivity (Wildman–Crippen MR) is 72.6 cm³/mol. The summed E-state index contributed by atoms with van der Waals surface area (Å²) >= 11 is 0. The van der Waals surface area contributed by atoms with E-state index >= 15 is 0 Å². The molecule has 100 valence electrons. The van der Waals surface area contributed by atoms with Crippen LogP contribution in [0.1, 0.15) is 31.2 Å². The van der Waals surface area contributed by atoms with Gasteiger partial charge in [0.25, 0.3) is 0 Å². The van der Waals surface area contributed by atoms with Gasteiger partial charge in [0.05, 0.1) is 6.21 Å². The zero-order valence-corrected chi connectivity index (χ0v) is 10.6. The van der Waals surface area contributed by atoms with E-state index in [9.17, 15) is 9.59 Å². The summed E-state index contributed by atoms with van der Waals surface area (Å²) in [6, 6.07) is 9.48. The van der Waals surface area contributed by atoms with E-state index < -0.39 is 11.8 Å². The highest BCUT2D eigenvalue weighted by molar-refractivity contribution is 6.35. The molecule has 0 radical (unpaired) electrons. The van der Waals surface area contributed by atoms with Gasteiger partial charge in [-0.1, -0.05) is 43.2 Å². The Morgan fingerprint density at radius 3 is 2.47 bits per heavy atom. The summed E-state index contributed by atoms with van der Waals surface area (Å²) in [4.78, 5) is 23.0. The summed E-state index contributed by atoms with van der Waals surface area (Å²) in [5, 5.41) is 6.45. The van der Waals surface area contributed by atoms with Gasteiger partial charge in [0.15, 0.2) is 0 Å². The van der Waals surface area contributed by atoms with Crippen LogP contribution in [0.3, 0.4) is 0 Å². The van der Waals surface area contributed by atoms with Crippen LogP contribution in [0.15, 0.2) is 35.4 Å². The summed E-state index contributed by atoms with van der Waals surface area (Å²) in [6.45, 7) is 0. The van der Waals surface area contributed by atoms with Crippen molar-refractivity contribution in [2.24, 2.45) is 5.10 Å². The normalized spacial score (nSPS) is 15.6. The second kappa shape index (κ2) is 6.68. The number of benzene rings is 1. The molecule has 1 aromatic carbocycles. The minimum atomic E-state index is -0.723. The number of hydrogen-bond donors (Lipinski definition) is 2. The fourth-order valence-electron chi connectivity index (χ4n) is 2.08. The molecule has 1 aliphatic carbocycles. The van der Waals surface area contributed by atoms with E-state index in [1.165, 1.54) is 6.21 Å². The highest BCUT2D eigenvalue weighted by atomic mass is 16.2. The molecule has 1 aliphatic rings. The number of amides is 2. The van der Waals surface area contributed by atoms with Gasteiger partial charge in [-0.3, -0.25) is 9.59 Å². The Hall–Kier alpha value is -2.17. The maximum atomic E-state index is 11.5. The Balaban J connectivity index is 1.77. The van der Waals surface area contributed by atoms with Crippen LogP contribution in [0.5, 0.6) is 0 Å². The van der Waals surface area contributed by atoms with Gasteiger partial charge in [-0.05, 0) is 18.4 Å². The number of hydrazone groups is 1. The van der Waals surface area contributed by atoms with E-state index in [0.717, 1.165) is 31.2 Å². The van der Waals surface area contributed by atoms with Crippen LogP contribution in [0, 0.1) is 0 Å². The fraction of sp³-hybridized carbons (Fsp3) is 0.357. The quantitative estimate of drug-likeness (QED) is 0.486. The second-order valence-electron chi connectivity index (χ2n) is 4.56. The third kappa shape index (κ3) is 4.21. The first-order chi connectivity index (χ1) is 9.25. The van der Waals surface area contributed by atoms with Gasteiger partial charge in [0.2, 0.25) is 0 Å². The van der Waals surface area contributed by atoms with Crippen LogP contribution in [-0.4, -0.2) is 24.1 Å². The third-order valence-corrected chi connectivity index (χ3v) is 3.08. The zero-order chi connectivity index (χ0) is 13.5. The summed E-state index contributed by atoms with van der Waals surface area (Å²) in [5.74, 6) is -1.34. The van der Waals surface area contributed by atoms with E-state index in [1.807, 2.05) is 30.3 Å². The largest absolute Gasteiger partial charge is 0.345 e. The average Bonchev–Trinajstić information content (AvgIpc) is 2.92. The van der Waals surface area contributed by atoms with Crippen molar-refractivity contribution in [3.05, 3.63) is 35.9 Å². The first kappa shape index (κ1) is 13.3. The van der Waals surface area contributed by atoms with Crippen LogP contribution in [0.4, 0.5) is 0 Å². The highest BCUT2D eigenvalue weighted by Crippen LogP contribution is 2.17. The molecule has 0 spiro atoms. The SMILES string of the molecule is O=C(N/N=C\c1ccccc1)C(=O)NC1CCCC1. The fourth-order valence-corrected chi connectivity index (χ4v) is 2.08. The van der Waals surface area contributed by atoms with Crippen LogP contribution in [0.2, 0.25) is 0 Å². The Morgan fingerprint density at radius 2 is 1.79 bits per heavy atom. The first-order valence-corrected chi connectivity index (χ1v) is 6.44. The molecule has 0 aromatic heterocycles. The Bertz CT molecular complexity index is 465. The smallest absolute Gasteiger partial charge is 0.329 e. The molecule has 2 N–H and O–H groups in total. The van der Waals surface area contributed by atoms with Crippen LogP contribution in [-0.2, 0) is 9.59 Å². The molecule has 0 saturated heterocycles. The van der Waals surface area contributed by atoms with E-state index in [2.05, 4.69) is 15.8 Å². The van der Waals surface area contributed by atoms with Crippen molar-refractivity contribution in [3.8, 4) is 0 Å². The molecule has 5 nitrogen and oxygen atoms in total. The molecule has 1 saturated carbocycles. The van der Waals surface area contributed by atoms with Gasteiger partial charge in [0, 0.05) is 6.04 Å². The van der Waals surface area contributed by atoms with Gasteiger partial charge in [-0.25, -0.2) is 5.43 Å². The summed E-state index contributed by atoms with van der Waals surface area (Å²) < 4.78 is 0. The summed E-state index contributed by atoms with van der Waals surface area (Å²) in [6.07, 6.45) is 5.62. The number of carbonyl (C=O) groups is 2. The van der Waals surface area contributed by atoms with Crippen molar-refractivity contribution >= 4 is 18.0 Å². The first-order valence-electron chi connectivity index (χ1n) is 6.44. The molecule has 0 bridgehead atoms. The van der Waals surface area contributed by atoms with Gasteiger partial charge >= 0.3 is 11.8 Å². The second-order valence-corrected chi connectivity index (χ2v) is 4.56. The van der Waals surface area contributed by atoms with E-state index in [-0.39, 0.29) is 6.04 Å². The molecule has 0 atom stereocenters. The topological polar surface area (TPSA) is 70.6 Å². The van der Waals surface area contributed by atoms with Crippen LogP contribution in [0.25, 0.3) is 0 Å². The molecule has 1 aromatic rings. The molecule has 0 aliphatic heterocycles.